The topological polar surface area (TPSA) is 12.0 Å². The van der Waals surface area contributed by atoms with Crippen LogP contribution in [0.15, 0.2) is 0 Å². The molecule has 0 spiro atoms. The molecule has 0 aromatic heterocycles. The van der Waals surface area contributed by atoms with Crippen LogP contribution in [0.25, 0.3) is 0 Å². The first kappa shape index (κ1) is 12.4. The third kappa shape index (κ3) is 4.22. The second kappa shape index (κ2) is 7.58. The van der Waals surface area contributed by atoms with E-state index in [4.69, 9.17) is 0 Å². The lowest BCUT2D eigenvalue weighted by Crippen LogP contribution is -2.37. The molecular weight excluding hydrogens is 190 g/mol. The van der Waals surface area contributed by atoms with Gasteiger partial charge in [-0.3, -0.25) is 0 Å². The van der Waals surface area contributed by atoms with E-state index in [0.717, 1.165) is 12.0 Å². The van der Waals surface area contributed by atoms with E-state index in [1.807, 2.05) is 0 Å². The van der Waals surface area contributed by atoms with Gasteiger partial charge in [0.25, 0.3) is 0 Å². The van der Waals surface area contributed by atoms with Crippen LogP contribution in [-0.2, 0) is 0 Å². The van der Waals surface area contributed by atoms with E-state index in [-0.39, 0.29) is 0 Å². The molecule has 14 heavy (non-hydrogen) atoms. The minimum absolute atomic E-state index is 0.794. The summed E-state index contributed by atoms with van der Waals surface area (Å²) in [5.41, 5.74) is 0. The first-order chi connectivity index (χ1) is 6.88. The van der Waals surface area contributed by atoms with Crippen molar-refractivity contribution >= 4 is 11.8 Å². The largest absolute Gasteiger partial charge is 0.313 e. The molecule has 0 aromatic carbocycles. The summed E-state index contributed by atoms with van der Waals surface area (Å²) in [6.07, 6.45) is 7.12. The van der Waals surface area contributed by atoms with E-state index in [0.29, 0.717) is 0 Å². The van der Waals surface area contributed by atoms with Gasteiger partial charge in [0.2, 0.25) is 0 Å². The highest BCUT2D eigenvalue weighted by Gasteiger charge is 2.23. The summed E-state index contributed by atoms with van der Waals surface area (Å²) < 4.78 is 0. The van der Waals surface area contributed by atoms with Crippen molar-refractivity contribution in [2.75, 3.05) is 18.1 Å². The van der Waals surface area contributed by atoms with Gasteiger partial charge in [0.1, 0.15) is 0 Å². The van der Waals surface area contributed by atoms with Crippen molar-refractivity contribution in [2.24, 2.45) is 5.92 Å². The number of rotatable bonds is 7. The van der Waals surface area contributed by atoms with E-state index in [2.05, 4.69) is 30.9 Å². The zero-order valence-electron chi connectivity index (χ0n) is 9.72. The molecule has 1 aliphatic carbocycles. The van der Waals surface area contributed by atoms with Crippen molar-refractivity contribution in [3.8, 4) is 0 Å². The molecular formula is C12H25NS. The zero-order chi connectivity index (χ0) is 10.2. The second-order valence-corrected chi connectivity index (χ2v) is 5.58. The molecule has 1 aliphatic rings. The lowest BCUT2D eigenvalue weighted by atomic mass is 10.00. The Kier molecular flexibility index (Phi) is 6.70. The van der Waals surface area contributed by atoms with Gasteiger partial charge < -0.3 is 5.32 Å². The van der Waals surface area contributed by atoms with Crippen molar-refractivity contribution < 1.29 is 0 Å². The Morgan fingerprint density at radius 2 is 2.00 bits per heavy atom. The van der Waals surface area contributed by atoms with Gasteiger partial charge in [-0.1, -0.05) is 26.7 Å². The molecule has 1 rings (SSSR count). The van der Waals surface area contributed by atoms with Gasteiger partial charge in [-0.25, -0.2) is 0 Å². The van der Waals surface area contributed by atoms with Crippen LogP contribution < -0.4 is 5.32 Å². The predicted octanol–water partition coefficient (Wildman–Crippen LogP) is 3.30. The molecule has 0 heterocycles. The lowest BCUT2D eigenvalue weighted by molar-refractivity contribution is 0.388. The average Bonchev–Trinajstić information content (AvgIpc) is 2.71. The summed E-state index contributed by atoms with van der Waals surface area (Å²) in [5.74, 6) is 3.55. The van der Waals surface area contributed by atoms with Crippen LogP contribution in [0.5, 0.6) is 0 Å². The lowest BCUT2D eigenvalue weighted by Gasteiger charge is -2.24. The van der Waals surface area contributed by atoms with Crippen molar-refractivity contribution in [1.82, 2.24) is 5.32 Å². The predicted molar refractivity (Wildman–Crippen MR) is 67.0 cm³/mol. The molecule has 1 fully saturated rings. The second-order valence-electron chi connectivity index (χ2n) is 4.26. The summed E-state index contributed by atoms with van der Waals surface area (Å²) in [5, 5.41) is 3.73. The Morgan fingerprint density at radius 3 is 2.57 bits per heavy atom. The highest BCUT2D eigenvalue weighted by molar-refractivity contribution is 7.99. The molecule has 0 aliphatic heterocycles. The van der Waals surface area contributed by atoms with E-state index in [1.165, 1.54) is 50.2 Å². The van der Waals surface area contributed by atoms with Gasteiger partial charge in [-0.05, 0) is 37.5 Å². The first-order valence-electron chi connectivity index (χ1n) is 6.19. The minimum atomic E-state index is 0.794. The Hall–Kier alpha value is 0.310. The van der Waals surface area contributed by atoms with E-state index in [9.17, 15) is 0 Å². The third-order valence-electron chi connectivity index (χ3n) is 3.13. The van der Waals surface area contributed by atoms with Gasteiger partial charge in [0.15, 0.2) is 0 Å². The fraction of sp³-hybridized carbons (Fsp3) is 1.00. The average molecular weight is 215 g/mol. The number of hydrogen-bond acceptors (Lipinski definition) is 2. The molecule has 0 saturated heterocycles. The van der Waals surface area contributed by atoms with Gasteiger partial charge in [0.05, 0.1) is 0 Å². The molecule has 2 heteroatoms. The minimum Gasteiger partial charge on any atom is -0.313 e. The standard InChI is InChI=1S/C12H25NS/c1-3-9-13-12(10-14-4-2)11-7-5-6-8-11/h11-13H,3-10H2,1-2H3. The van der Waals surface area contributed by atoms with E-state index >= 15 is 0 Å². The summed E-state index contributed by atoms with van der Waals surface area (Å²) in [6, 6.07) is 0.794. The molecule has 0 amide bonds. The Labute approximate surface area is 93.4 Å². The monoisotopic (exact) mass is 215 g/mol. The number of hydrogen-bond donors (Lipinski definition) is 1. The molecule has 84 valence electrons. The van der Waals surface area contributed by atoms with Crippen LogP contribution in [0, 0.1) is 5.92 Å². The molecule has 0 bridgehead atoms. The van der Waals surface area contributed by atoms with Crippen LogP contribution >= 0.6 is 11.8 Å². The number of thioether (sulfide) groups is 1. The zero-order valence-corrected chi connectivity index (χ0v) is 10.5. The molecule has 0 aromatic rings. The summed E-state index contributed by atoms with van der Waals surface area (Å²) in [4.78, 5) is 0. The fourth-order valence-electron chi connectivity index (χ4n) is 2.30. The van der Waals surface area contributed by atoms with E-state index < -0.39 is 0 Å². The molecule has 1 saturated carbocycles. The normalized spacial score (nSPS) is 20.1. The Balaban J connectivity index is 2.26. The quantitative estimate of drug-likeness (QED) is 0.699. The first-order valence-corrected chi connectivity index (χ1v) is 7.35. The van der Waals surface area contributed by atoms with Crippen LogP contribution in [-0.4, -0.2) is 24.1 Å². The maximum absolute atomic E-state index is 3.73. The van der Waals surface area contributed by atoms with Crippen LogP contribution in [0.4, 0.5) is 0 Å². The van der Waals surface area contributed by atoms with Crippen LogP contribution in [0.1, 0.15) is 46.0 Å². The van der Waals surface area contributed by atoms with Crippen molar-refractivity contribution in [3.05, 3.63) is 0 Å². The van der Waals surface area contributed by atoms with Gasteiger partial charge in [-0.2, -0.15) is 11.8 Å². The van der Waals surface area contributed by atoms with E-state index in [1.54, 1.807) is 0 Å². The smallest absolute Gasteiger partial charge is 0.0186 e. The van der Waals surface area contributed by atoms with Gasteiger partial charge >= 0.3 is 0 Å². The molecule has 0 radical (unpaired) electrons. The van der Waals surface area contributed by atoms with Gasteiger partial charge in [-0.15, -0.1) is 0 Å². The molecule has 1 unspecified atom stereocenters. The van der Waals surface area contributed by atoms with Crippen molar-refractivity contribution in [2.45, 2.75) is 52.0 Å². The molecule has 1 N–H and O–H groups in total. The molecule has 1 nitrogen and oxygen atoms in total. The maximum Gasteiger partial charge on any atom is 0.0186 e. The Morgan fingerprint density at radius 1 is 1.29 bits per heavy atom. The third-order valence-corrected chi connectivity index (χ3v) is 4.13. The maximum atomic E-state index is 3.73. The van der Waals surface area contributed by atoms with Gasteiger partial charge in [0, 0.05) is 11.8 Å². The highest BCUT2D eigenvalue weighted by atomic mass is 32.2. The SMILES string of the molecule is CCCNC(CSCC)C1CCCC1. The van der Waals surface area contributed by atoms with Crippen molar-refractivity contribution in [3.63, 3.8) is 0 Å². The number of nitrogens with one attached hydrogen (secondary N) is 1. The Bertz CT molecular complexity index is 124. The fourth-order valence-corrected chi connectivity index (χ4v) is 3.18. The molecule has 1 atom stereocenters. The highest BCUT2D eigenvalue weighted by Crippen LogP contribution is 2.29. The van der Waals surface area contributed by atoms with Crippen LogP contribution in [0.3, 0.4) is 0 Å². The summed E-state index contributed by atoms with van der Waals surface area (Å²) >= 11 is 2.09. The summed E-state index contributed by atoms with van der Waals surface area (Å²) in [7, 11) is 0. The van der Waals surface area contributed by atoms with Crippen molar-refractivity contribution in [1.29, 1.82) is 0 Å². The summed E-state index contributed by atoms with van der Waals surface area (Å²) in [6.45, 7) is 5.72. The van der Waals surface area contributed by atoms with Crippen LogP contribution in [0.2, 0.25) is 0 Å².